The van der Waals surface area contributed by atoms with E-state index in [0.29, 0.717) is 6.04 Å². The smallest absolute Gasteiger partial charge is 0.119 e. The summed E-state index contributed by atoms with van der Waals surface area (Å²) in [7, 11) is 0. The van der Waals surface area contributed by atoms with Crippen molar-refractivity contribution in [3.05, 3.63) is 29.8 Å². The van der Waals surface area contributed by atoms with Crippen LogP contribution in [-0.2, 0) is 6.42 Å². The molecule has 1 aromatic carbocycles. The minimum Gasteiger partial charge on any atom is -0.494 e. The molecule has 1 heterocycles. The number of hydrogen-bond donors (Lipinski definition) is 1. The number of ether oxygens (including phenoxy) is 1. The fraction of sp³-hybridized carbons (Fsp3) is 0.625. The Morgan fingerprint density at radius 1 is 1.22 bits per heavy atom. The van der Waals surface area contributed by atoms with Crippen LogP contribution in [-0.4, -0.2) is 19.2 Å². The summed E-state index contributed by atoms with van der Waals surface area (Å²) in [5.74, 6) is 1.01. The van der Waals surface area contributed by atoms with E-state index in [4.69, 9.17) is 4.74 Å². The average Bonchev–Trinajstić information content (AvgIpc) is 2.42. The zero-order valence-corrected chi connectivity index (χ0v) is 11.5. The summed E-state index contributed by atoms with van der Waals surface area (Å²) in [6, 6.07) is 9.21. The Balaban J connectivity index is 1.69. The molecule has 0 aliphatic carbocycles. The van der Waals surface area contributed by atoms with Gasteiger partial charge in [0, 0.05) is 6.04 Å². The molecule has 0 radical (unpaired) electrons. The largest absolute Gasteiger partial charge is 0.494 e. The van der Waals surface area contributed by atoms with Crippen LogP contribution >= 0.6 is 0 Å². The lowest BCUT2D eigenvalue weighted by Crippen LogP contribution is -2.35. The summed E-state index contributed by atoms with van der Waals surface area (Å²) in [4.78, 5) is 0. The molecule has 1 atom stereocenters. The topological polar surface area (TPSA) is 21.3 Å². The SMILES string of the molecule is CCCc1ccc(OCC[C@H]2CCCCN2)cc1. The molecule has 1 aliphatic heterocycles. The number of rotatable bonds is 6. The van der Waals surface area contributed by atoms with Gasteiger partial charge in [0.2, 0.25) is 0 Å². The van der Waals surface area contributed by atoms with Gasteiger partial charge >= 0.3 is 0 Å². The van der Waals surface area contributed by atoms with Gasteiger partial charge in [0.15, 0.2) is 0 Å². The van der Waals surface area contributed by atoms with Gasteiger partial charge in [-0.05, 0) is 49.9 Å². The van der Waals surface area contributed by atoms with Crippen LogP contribution in [0.2, 0.25) is 0 Å². The molecule has 100 valence electrons. The van der Waals surface area contributed by atoms with Crippen molar-refractivity contribution in [1.29, 1.82) is 0 Å². The summed E-state index contributed by atoms with van der Waals surface area (Å²) in [5, 5.41) is 3.55. The third kappa shape index (κ3) is 4.34. The zero-order valence-electron chi connectivity index (χ0n) is 11.5. The normalized spacial score (nSPS) is 19.7. The van der Waals surface area contributed by atoms with Gasteiger partial charge in [-0.25, -0.2) is 0 Å². The number of nitrogens with one attached hydrogen (secondary N) is 1. The fourth-order valence-corrected chi connectivity index (χ4v) is 2.53. The second kappa shape index (κ2) is 7.42. The van der Waals surface area contributed by atoms with Crippen LogP contribution in [0.1, 0.15) is 44.6 Å². The minimum absolute atomic E-state index is 0.665. The van der Waals surface area contributed by atoms with Gasteiger partial charge in [-0.3, -0.25) is 0 Å². The van der Waals surface area contributed by atoms with Gasteiger partial charge in [0.1, 0.15) is 5.75 Å². The molecule has 0 aromatic heterocycles. The molecule has 0 unspecified atom stereocenters. The van der Waals surface area contributed by atoms with Crippen molar-refractivity contribution in [1.82, 2.24) is 5.32 Å². The molecule has 2 rings (SSSR count). The number of benzene rings is 1. The first-order chi connectivity index (χ1) is 8.88. The summed E-state index contributed by atoms with van der Waals surface area (Å²) in [6.07, 6.45) is 7.48. The molecule has 0 amide bonds. The van der Waals surface area contributed by atoms with E-state index in [2.05, 4.69) is 36.5 Å². The molecule has 1 N–H and O–H groups in total. The Morgan fingerprint density at radius 3 is 2.72 bits per heavy atom. The maximum Gasteiger partial charge on any atom is 0.119 e. The second-order valence-corrected chi connectivity index (χ2v) is 5.18. The van der Waals surface area contributed by atoms with E-state index >= 15 is 0 Å². The second-order valence-electron chi connectivity index (χ2n) is 5.18. The third-order valence-electron chi connectivity index (χ3n) is 3.61. The summed E-state index contributed by atoms with van der Waals surface area (Å²) in [5.41, 5.74) is 1.40. The Kier molecular flexibility index (Phi) is 5.53. The van der Waals surface area contributed by atoms with Crippen LogP contribution in [0.4, 0.5) is 0 Å². The Hall–Kier alpha value is -1.02. The Morgan fingerprint density at radius 2 is 2.06 bits per heavy atom. The molecule has 2 nitrogen and oxygen atoms in total. The maximum absolute atomic E-state index is 5.80. The van der Waals surface area contributed by atoms with E-state index in [1.807, 2.05) is 0 Å². The van der Waals surface area contributed by atoms with Crippen LogP contribution in [0.25, 0.3) is 0 Å². The standard InChI is InChI=1S/C16H25NO/c1-2-5-14-7-9-16(10-8-14)18-13-11-15-6-3-4-12-17-15/h7-10,15,17H,2-6,11-13H2,1H3/t15-/m1/s1. The van der Waals surface area contributed by atoms with Crippen molar-refractivity contribution in [3.8, 4) is 5.75 Å². The van der Waals surface area contributed by atoms with Crippen molar-refractivity contribution in [2.75, 3.05) is 13.2 Å². The summed E-state index contributed by atoms with van der Waals surface area (Å²) < 4.78 is 5.80. The van der Waals surface area contributed by atoms with E-state index in [1.54, 1.807) is 0 Å². The van der Waals surface area contributed by atoms with Crippen molar-refractivity contribution in [2.24, 2.45) is 0 Å². The van der Waals surface area contributed by atoms with E-state index in [1.165, 1.54) is 37.8 Å². The average molecular weight is 247 g/mol. The third-order valence-corrected chi connectivity index (χ3v) is 3.61. The number of hydrogen-bond acceptors (Lipinski definition) is 2. The molecule has 1 saturated heterocycles. The molecule has 1 aliphatic rings. The highest BCUT2D eigenvalue weighted by molar-refractivity contribution is 5.27. The molecule has 0 spiro atoms. The van der Waals surface area contributed by atoms with Crippen LogP contribution < -0.4 is 10.1 Å². The van der Waals surface area contributed by atoms with Gasteiger partial charge in [-0.15, -0.1) is 0 Å². The molecule has 0 bridgehead atoms. The van der Waals surface area contributed by atoms with E-state index in [0.717, 1.165) is 25.2 Å². The fourth-order valence-electron chi connectivity index (χ4n) is 2.53. The number of piperidine rings is 1. The lowest BCUT2D eigenvalue weighted by molar-refractivity contribution is 0.268. The monoisotopic (exact) mass is 247 g/mol. The summed E-state index contributed by atoms with van der Waals surface area (Å²) in [6.45, 7) is 4.21. The molecule has 18 heavy (non-hydrogen) atoms. The first kappa shape index (κ1) is 13.4. The van der Waals surface area contributed by atoms with Crippen LogP contribution in [0.5, 0.6) is 5.75 Å². The van der Waals surface area contributed by atoms with Crippen LogP contribution in [0.15, 0.2) is 24.3 Å². The molecule has 1 aromatic rings. The first-order valence-electron chi connectivity index (χ1n) is 7.33. The lowest BCUT2D eigenvalue weighted by Gasteiger charge is -2.23. The van der Waals surface area contributed by atoms with Gasteiger partial charge in [-0.2, -0.15) is 0 Å². The first-order valence-corrected chi connectivity index (χ1v) is 7.33. The van der Waals surface area contributed by atoms with Crippen molar-refractivity contribution in [3.63, 3.8) is 0 Å². The van der Waals surface area contributed by atoms with Crippen molar-refractivity contribution >= 4 is 0 Å². The van der Waals surface area contributed by atoms with E-state index < -0.39 is 0 Å². The highest BCUT2D eigenvalue weighted by Crippen LogP contribution is 2.15. The predicted octanol–water partition coefficient (Wildman–Crippen LogP) is 3.55. The minimum atomic E-state index is 0.665. The van der Waals surface area contributed by atoms with Crippen molar-refractivity contribution in [2.45, 2.75) is 51.5 Å². The molecular formula is C16H25NO. The Labute approximate surface area is 111 Å². The molecule has 1 fully saturated rings. The number of aryl methyl sites for hydroxylation is 1. The van der Waals surface area contributed by atoms with E-state index in [9.17, 15) is 0 Å². The lowest BCUT2D eigenvalue weighted by atomic mass is 10.0. The summed E-state index contributed by atoms with van der Waals surface area (Å²) >= 11 is 0. The van der Waals surface area contributed by atoms with Crippen molar-refractivity contribution < 1.29 is 4.74 Å². The highest BCUT2D eigenvalue weighted by atomic mass is 16.5. The van der Waals surface area contributed by atoms with Gasteiger partial charge in [0.25, 0.3) is 0 Å². The van der Waals surface area contributed by atoms with Gasteiger partial charge < -0.3 is 10.1 Å². The zero-order chi connectivity index (χ0) is 12.6. The predicted molar refractivity (Wildman–Crippen MR) is 76.2 cm³/mol. The maximum atomic E-state index is 5.80. The molecule has 2 heteroatoms. The van der Waals surface area contributed by atoms with Crippen LogP contribution in [0, 0.1) is 0 Å². The van der Waals surface area contributed by atoms with E-state index in [-0.39, 0.29) is 0 Å². The quantitative estimate of drug-likeness (QED) is 0.830. The highest BCUT2D eigenvalue weighted by Gasteiger charge is 2.11. The van der Waals surface area contributed by atoms with Crippen LogP contribution in [0.3, 0.4) is 0 Å². The van der Waals surface area contributed by atoms with Gasteiger partial charge in [0.05, 0.1) is 6.61 Å². The molecular weight excluding hydrogens is 222 g/mol. The van der Waals surface area contributed by atoms with Gasteiger partial charge in [-0.1, -0.05) is 31.9 Å². The molecule has 0 saturated carbocycles. The Bertz CT molecular complexity index is 327.